The molecule has 0 N–H and O–H groups in total. The van der Waals surface area contributed by atoms with E-state index in [9.17, 15) is 0 Å². The minimum atomic E-state index is 0.658. The molecule has 0 bridgehead atoms. The molecule has 4 nitrogen and oxygen atoms in total. The Labute approximate surface area is 102 Å². The monoisotopic (exact) mass is 234 g/mol. The van der Waals surface area contributed by atoms with Crippen LogP contribution in [0.3, 0.4) is 0 Å². The fraction of sp³-hybridized carbons (Fsp3) is 0.462. The van der Waals surface area contributed by atoms with Crippen molar-refractivity contribution in [2.75, 3.05) is 39.3 Å². The van der Waals surface area contributed by atoms with Crippen molar-refractivity contribution >= 4 is 5.69 Å². The molecule has 0 aliphatic heterocycles. The van der Waals surface area contributed by atoms with Crippen LogP contribution in [0, 0.1) is 11.3 Å². The summed E-state index contributed by atoms with van der Waals surface area (Å²) in [4.78, 5) is 2.04. The number of methoxy groups -OCH3 is 2. The molecule has 0 saturated heterocycles. The van der Waals surface area contributed by atoms with Crippen LogP contribution in [0.4, 0.5) is 5.69 Å². The molecule has 1 aromatic rings. The lowest BCUT2D eigenvalue weighted by Crippen LogP contribution is -2.20. The maximum absolute atomic E-state index is 9.06. The minimum Gasteiger partial charge on any atom is -0.497 e. The van der Waals surface area contributed by atoms with Gasteiger partial charge in [-0.3, -0.25) is 0 Å². The van der Waals surface area contributed by atoms with Gasteiger partial charge in [-0.25, -0.2) is 0 Å². The Kier molecular flexibility index (Phi) is 5.31. The molecule has 92 valence electrons. The van der Waals surface area contributed by atoms with E-state index in [0.29, 0.717) is 5.56 Å². The molecule has 17 heavy (non-hydrogen) atoms. The molecule has 0 fully saturated rings. The molecule has 0 unspecified atom stereocenters. The summed E-state index contributed by atoms with van der Waals surface area (Å²) in [5, 5.41) is 9.06. The van der Waals surface area contributed by atoms with Gasteiger partial charge in [0.1, 0.15) is 11.8 Å². The van der Waals surface area contributed by atoms with Gasteiger partial charge in [-0.15, -0.1) is 0 Å². The first-order valence-corrected chi connectivity index (χ1v) is 5.51. The van der Waals surface area contributed by atoms with Crippen molar-refractivity contribution in [3.8, 4) is 11.8 Å². The van der Waals surface area contributed by atoms with Crippen LogP contribution in [0.2, 0.25) is 0 Å². The fourth-order valence-electron chi connectivity index (χ4n) is 1.62. The van der Waals surface area contributed by atoms with Gasteiger partial charge >= 0.3 is 0 Å². The molecule has 0 aromatic heterocycles. The number of rotatable bonds is 6. The first kappa shape index (κ1) is 13.3. The maximum atomic E-state index is 9.06. The second-order valence-electron chi connectivity index (χ2n) is 3.76. The summed E-state index contributed by atoms with van der Waals surface area (Å²) in [6.45, 7) is 1.56. The molecule has 4 heteroatoms. The zero-order valence-corrected chi connectivity index (χ0v) is 10.6. The predicted molar refractivity (Wildman–Crippen MR) is 67.5 cm³/mol. The van der Waals surface area contributed by atoms with Crippen molar-refractivity contribution in [2.24, 2.45) is 0 Å². The van der Waals surface area contributed by atoms with Crippen molar-refractivity contribution < 1.29 is 9.47 Å². The Morgan fingerprint density at radius 2 is 2.12 bits per heavy atom. The molecule has 0 radical (unpaired) electrons. The van der Waals surface area contributed by atoms with E-state index < -0.39 is 0 Å². The van der Waals surface area contributed by atoms with Gasteiger partial charge < -0.3 is 14.4 Å². The lowest BCUT2D eigenvalue weighted by Gasteiger charge is -2.20. The Morgan fingerprint density at radius 1 is 1.35 bits per heavy atom. The van der Waals surface area contributed by atoms with Crippen LogP contribution in [-0.2, 0) is 4.74 Å². The summed E-state index contributed by atoms with van der Waals surface area (Å²) in [5.41, 5.74) is 1.55. The Balaban J connectivity index is 2.82. The van der Waals surface area contributed by atoms with Gasteiger partial charge in [-0.2, -0.15) is 5.26 Å². The van der Waals surface area contributed by atoms with Gasteiger partial charge in [-0.05, 0) is 18.6 Å². The third-order valence-corrected chi connectivity index (χ3v) is 2.58. The molecule has 0 spiro atoms. The second-order valence-corrected chi connectivity index (χ2v) is 3.76. The standard InChI is InChI=1S/C13H18N2O2/c1-15(7-4-8-16-2)13-9-12(17-3)6-5-11(13)10-14/h5-6,9H,4,7-8H2,1-3H3. The van der Waals surface area contributed by atoms with E-state index in [1.807, 2.05) is 18.0 Å². The Hall–Kier alpha value is -1.73. The first-order chi connectivity index (χ1) is 8.22. The SMILES string of the molecule is COCCCN(C)c1cc(OC)ccc1C#N. The Bertz CT molecular complexity index is 399. The average molecular weight is 234 g/mol. The summed E-state index contributed by atoms with van der Waals surface area (Å²) in [6.07, 6.45) is 0.926. The molecule has 0 aliphatic carbocycles. The van der Waals surface area contributed by atoms with E-state index in [0.717, 1.165) is 31.0 Å². The number of hydrogen-bond donors (Lipinski definition) is 0. The lowest BCUT2D eigenvalue weighted by atomic mass is 10.1. The zero-order chi connectivity index (χ0) is 12.7. The molecule has 0 amide bonds. The van der Waals surface area contributed by atoms with Gasteiger partial charge in [0.25, 0.3) is 0 Å². The highest BCUT2D eigenvalue weighted by Gasteiger charge is 2.08. The third-order valence-electron chi connectivity index (χ3n) is 2.58. The van der Waals surface area contributed by atoms with Crippen LogP contribution in [0.15, 0.2) is 18.2 Å². The normalized spacial score (nSPS) is 9.76. The van der Waals surface area contributed by atoms with Crippen molar-refractivity contribution in [3.05, 3.63) is 23.8 Å². The number of ether oxygens (including phenoxy) is 2. The van der Waals surface area contributed by atoms with Gasteiger partial charge in [0.15, 0.2) is 0 Å². The predicted octanol–water partition coefficient (Wildman–Crippen LogP) is 2.04. The summed E-state index contributed by atoms with van der Waals surface area (Å²) in [7, 11) is 5.27. The van der Waals surface area contributed by atoms with Crippen LogP contribution in [0.1, 0.15) is 12.0 Å². The van der Waals surface area contributed by atoms with E-state index >= 15 is 0 Å². The Morgan fingerprint density at radius 3 is 2.71 bits per heavy atom. The highest BCUT2D eigenvalue weighted by atomic mass is 16.5. The number of benzene rings is 1. The third kappa shape index (κ3) is 3.65. The highest BCUT2D eigenvalue weighted by Crippen LogP contribution is 2.24. The molecule has 0 atom stereocenters. The quantitative estimate of drug-likeness (QED) is 0.707. The van der Waals surface area contributed by atoms with E-state index in [4.69, 9.17) is 14.7 Å². The topological polar surface area (TPSA) is 45.5 Å². The van der Waals surface area contributed by atoms with Crippen LogP contribution in [0.25, 0.3) is 0 Å². The van der Waals surface area contributed by atoms with Crippen LogP contribution in [0.5, 0.6) is 5.75 Å². The van der Waals surface area contributed by atoms with Gasteiger partial charge in [0.2, 0.25) is 0 Å². The van der Waals surface area contributed by atoms with E-state index in [1.54, 1.807) is 26.4 Å². The summed E-state index contributed by atoms with van der Waals surface area (Å²) in [6, 6.07) is 7.65. The maximum Gasteiger partial charge on any atom is 0.121 e. The van der Waals surface area contributed by atoms with Crippen molar-refractivity contribution in [1.82, 2.24) is 0 Å². The number of anilines is 1. The highest BCUT2D eigenvalue weighted by molar-refractivity contribution is 5.61. The van der Waals surface area contributed by atoms with E-state index in [1.165, 1.54) is 0 Å². The molecule has 1 rings (SSSR count). The molecule has 0 saturated carbocycles. The summed E-state index contributed by atoms with van der Waals surface area (Å²) < 4.78 is 10.2. The smallest absolute Gasteiger partial charge is 0.121 e. The fourth-order valence-corrected chi connectivity index (χ4v) is 1.62. The number of nitriles is 1. The second kappa shape index (κ2) is 6.77. The molecule has 1 aromatic carbocycles. The zero-order valence-electron chi connectivity index (χ0n) is 10.6. The number of nitrogens with zero attached hydrogens (tertiary/aromatic N) is 2. The van der Waals surface area contributed by atoms with E-state index in [2.05, 4.69) is 6.07 Å². The van der Waals surface area contributed by atoms with Gasteiger partial charge in [0.05, 0.1) is 18.4 Å². The summed E-state index contributed by atoms with van der Waals surface area (Å²) >= 11 is 0. The first-order valence-electron chi connectivity index (χ1n) is 5.51. The van der Waals surface area contributed by atoms with Gasteiger partial charge in [-0.1, -0.05) is 0 Å². The van der Waals surface area contributed by atoms with Crippen LogP contribution < -0.4 is 9.64 Å². The molecular formula is C13H18N2O2. The van der Waals surface area contributed by atoms with Crippen LogP contribution >= 0.6 is 0 Å². The molecule has 0 aliphatic rings. The van der Waals surface area contributed by atoms with Crippen LogP contribution in [-0.4, -0.2) is 34.4 Å². The summed E-state index contributed by atoms with van der Waals surface area (Å²) in [5.74, 6) is 0.762. The van der Waals surface area contributed by atoms with Crippen molar-refractivity contribution in [3.63, 3.8) is 0 Å². The number of hydrogen-bond acceptors (Lipinski definition) is 4. The largest absolute Gasteiger partial charge is 0.497 e. The van der Waals surface area contributed by atoms with Gasteiger partial charge in [0, 0.05) is 33.4 Å². The molecular weight excluding hydrogens is 216 g/mol. The molecule has 0 heterocycles. The minimum absolute atomic E-state index is 0.658. The van der Waals surface area contributed by atoms with Crippen molar-refractivity contribution in [2.45, 2.75) is 6.42 Å². The van der Waals surface area contributed by atoms with Crippen molar-refractivity contribution in [1.29, 1.82) is 5.26 Å². The average Bonchev–Trinajstić information content (AvgIpc) is 2.38. The van der Waals surface area contributed by atoms with E-state index in [-0.39, 0.29) is 0 Å². The lowest BCUT2D eigenvalue weighted by molar-refractivity contribution is 0.196.